The fourth-order valence-electron chi connectivity index (χ4n) is 2.58. The molecule has 26 heavy (non-hydrogen) atoms. The van der Waals surface area contributed by atoms with Crippen LogP contribution in [0.4, 0.5) is 5.69 Å². The summed E-state index contributed by atoms with van der Waals surface area (Å²) in [6.07, 6.45) is 3.38. The van der Waals surface area contributed by atoms with Gasteiger partial charge in [0.25, 0.3) is 11.8 Å². The molecule has 2 aromatic rings. The summed E-state index contributed by atoms with van der Waals surface area (Å²) in [5.41, 5.74) is 1.77. The Balaban J connectivity index is 2.00. The van der Waals surface area contributed by atoms with Crippen molar-refractivity contribution in [2.45, 2.75) is 27.3 Å². The predicted octanol–water partition coefficient (Wildman–Crippen LogP) is 2.30. The molecular weight excluding hydrogens is 330 g/mol. The number of carbonyl (C=O) groups is 3. The van der Waals surface area contributed by atoms with Gasteiger partial charge in [-0.2, -0.15) is 4.57 Å². The number of carbonyl (C=O) groups excluding carboxylic acids is 3. The second-order valence-electron chi connectivity index (χ2n) is 5.92. The first-order valence-electron chi connectivity index (χ1n) is 8.63. The first-order chi connectivity index (χ1) is 12.4. The van der Waals surface area contributed by atoms with Gasteiger partial charge in [-0.05, 0) is 51.1 Å². The number of nitrogens with zero attached hydrogens (tertiary/aromatic N) is 2. The maximum absolute atomic E-state index is 12.3. The number of amides is 2. The van der Waals surface area contributed by atoms with Crippen molar-refractivity contribution in [3.63, 3.8) is 0 Å². The maximum atomic E-state index is 12.3. The molecule has 0 aliphatic rings. The van der Waals surface area contributed by atoms with E-state index in [2.05, 4.69) is 5.32 Å². The highest BCUT2D eigenvalue weighted by atomic mass is 16.2. The summed E-state index contributed by atoms with van der Waals surface area (Å²) in [5.74, 6) is -0.281. The molecule has 1 aromatic heterocycles. The monoisotopic (exact) mass is 354 g/mol. The van der Waals surface area contributed by atoms with Crippen LogP contribution in [0.1, 0.15) is 41.5 Å². The Bertz CT molecular complexity index is 796. The minimum atomic E-state index is -0.210. The number of anilines is 1. The SMILES string of the molecule is CCN(CC)C(=O)c1ccc(NC(=O)C[n+]2cccc(C(C)=O)c2)cc1. The van der Waals surface area contributed by atoms with Crippen LogP contribution in [-0.2, 0) is 11.3 Å². The Kier molecular flexibility index (Phi) is 6.60. The van der Waals surface area contributed by atoms with Gasteiger partial charge < -0.3 is 10.2 Å². The van der Waals surface area contributed by atoms with Crippen molar-refractivity contribution >= 4 is 23.3 Å². The number of pyridine rings is 1. The summed E-state index contributed by atoms with van der Waals surface area (Å²) in [6.45, 7) is 6.78. The van der Waals surface area contributed by atoms with E-state index >= 15 is 0 Å². The van der Waals surface area contributed by atoms with Crippen LogP contribution in [0.2, 0.25) is 0 Å². The fourth-order valence-corrected chi connectivity index (χ4v) is 2.58. The van der Waals surface area contributed by atoms with Gasteiger partial charge in [-0.3, -0.25) is 14.4 Å². The largest absolute Gasteiger partial charge is 0.339 e. The van der Waals surface area contributed by atoms with E-state index in [1.165, 1.54) is 6.92 Å². The number of Topliss-reactive ketones (excluding diaryl/α,β-unsaturated/α-hetero) is 1. The fraction of sp³-hybridized carbons (Fsp3) is 0.300. The number of hydrogen-bond donors (Lipinski definition) is 1. The van der Waals surface area contributed by atoms with Crippen LogP contribution in [0.15, 0.2) is 48.8 Å². The van der Waals surface area contributed by atoms with Crippen molar-refractivity contribution in [1.82, 2.24) is 4.90 Å². The average molecular weight is 354 g/mol. The normalized spacial score (nSPS) is 10.3. The van der Waals surface area contributed by atoms with Crippen molar-refractivity contribution in [2.24, 2.45) is 0 Å². The van der Waals surface area contributed by atoms with Crippen LogP contribution < -0.4 is 9.88 Å². The molecule has 0 aliphatic heterocycles. The molecule has 2 amide bonds. The van der Waals surface area contributed by atoms with Gasteiger partial charge in [0.15, 0.2) is 18.2 Å². The van der Waals surface area contributed by atoms with Gasteiger partial charge >= 0.3 is 0 Å². The molecule has 1 aromatic carbocycles. The third-order valence-corrected chi connectivity index (χ3v) is 4.06. The first-order valence-corrected chi connectivity index (χ1v) is 8.63. The van der Waals surface area contributed by atoms with Gasteiger partial charge in [0.05, 0.1) is 5.56 Å². The van der Waals surface area contributed by atoms with Crippen LogP contribution in [0, 0.1) is 0 Å². The van der Waals surface area contributed by atoms with Crippen LogP contribution in [-0.4, -0.2) is 35.6 Å². The molecule has 0 saturated heterocycles. The van der Waals surface area contributed by atoms with Crippen LogP contribution >= 0.6 is 0 Å². The molecule has 0 fully saturated rings. The number of benzene rings is 1. The molecule has 0 unspecified atom stereocenters. The second-order valence-corrected chi connectivity index (χ2v) is 5.92. The lowest BCUT2D eigenvalue weighted by Crippen LogP contribution is -2.40. The predicted molar refractivity (Wildman–Crippen MR) is 99.0 cm³/mol. The smallest absolute Gasteiger partial charge is 0.290 e. The standard InChI is InChI=1S/C20H23N3O3/c1-4-23(5-2)20(26)16-8-10-18(11-9-16)21-19(25)14-22-12-6-7-17(13-22)15(3)24/h6-13H,4-5,14H2,1-3H3/p+1. The molecule has 1 heterocycles. The maximum Gasteiger partial charge on any atom is 0.290 e. The lowest BCUT2D eigenvalue weighted by Gasteiger charge is -2.18. The molecule has 1 N–H and O–H groups in total. The number of ketones is 1. The minimum Gasteiger partial charge on any atom is -0.339 e. The van der Waals surface area contributed by atoms with E-state index in [1.54, 1.807) is 58.3 Å². The summed E-state index contributed by atoms with van der Waals surface area (Å²) in [4.78, 5) is 37.6. The Morgan fingerprint density at radius 3 is 2.23 bits per heavy atom. The minimum absolute atomic E-state index is 0.0236. The average Bonchev–Trinajstić information content (AvgIpc) is 2.63. The van der Waals surface area contributed by atoms with Gasteiger partial charge in [0.1, 0.15) is 0 Å². The highest BCUT2D eigenvalue weighted by Crippen LogP contribution is 2.11. The lowest BCUT2D eigenvalue weighted by atomic mass is 10.1. The summed E-state index contributed by atoms with van der Waals surface area (Å²) in [7, 11) is 0. The van der Waals surface area contributed by atoms with Gasteiger partial charge in [-0.25, -0.2) is 0 Å². The Morgan fingerprint density at radius 2 is 1.65 bits per heavy atom. The highest BCUT2D eigenvalue weighted by molar-refractivity contribution is 5.95. The Hall–Kier alpha value is -3.02. The molecule has 2 rings (SSSR count). The second kappa shape index (κ2) is 8.89. The van der Waals surface area contributed by atoms with E-state index in [0.29, 0.717) is 29.9 Å². The van der Waals surface area contributed by atoms with E-state index < -0.39 is 0 Å². The molecule has 6 nitrogen and oxygen atoms in total. The van der Waals surface area contributed by atoms with Gasteiger partial charge in [-0.1, -0.05) is 0 Å². The van der Waals surface area contributed by atoms with Crippen molar-refractivity contribution < 1.29 is 19.0 Å². The third-order valence-electron chi connectivity index (χ3n) is 4.06. The van der Waals surface area contributed by atoms with E-state index in [-0.39, 0.29) is 24.1 Å². The van der Waals surface area contributed by atoms with Crippen LogP contribution in [0.25, 0.3) is 0 Å². The van der Waals surface area contributed by atoms with Crippen molar-refractivity contribution in [3.8, 4) is 0 Å². The molecule has 0 radical (unpaired) electrons. The highest BCUT2D eigenvalue weighted by Gasteiger charge is 2.14. The molecule has 0 bridgehead atoms. The zero-order valence-electron chi connectivity index (χ0n) is 15.4. The zero-order valence-corrected chi connectivity index (χ0v) is 15.4. The van der Waals surface area contributed by atoms with E-state index in [4.69, 9.17) is 0 Å². The quantitative estimate of drug-likeness (QED) is 0.613. The van der Waals surface area contributed by atoms with Crippen molar-refractivity contribution in [2.75, 3.05) is 18.4 Å². The molecule has 136 valence electrons. The van der Waals surface area contributed by atoms with Gasteiger partial charge in [-0.15, -0.1) is 0 Å². The number of rotatable bonds is 7. The van der Waals surface area contributed by atoms with Crippen LogP contribution in [0.3, 0.4) is 0 Å². The van der Waals surface area contributed by atoms with E-state index in [1.807, 2.05) is 13.8 Å². The molecule has 6 heteroatoms. The van der Waals surface area contributed by atoms with E-state index in [0.717, 1.165) is 0 Å². The first kappa shape index (κ1) is 19.3. The zero-order chi connectivity index (χ0) is 19.1. The number of hydrogen-bond acceptors (Lipinski definition) is 3. The van der Waals surface area contributed by atoms with Gasteiger partial charge in [0, 0.05) is 30.4 Å². The van der Waals surface area contributed by atoms with Crippen molar-refractivity contribution in [3.05, 3.63) is 59.9 Å². The third kappa shape index (κ3) is 4.99. The summed E-state index contributed by atoms with van der Waals surface area (Å²) >= 11 is 0. The van der Waals surface area contributed by atoms with E-state index in [9.17, 15) is 14.4 Å². The summed E-state index contributed by atoms with van der Waals surface area (Å²) in [5, 5.41) is 2.79. The molecule has 0 spiro atoms. The number of aromatic nitrogens is 1. The van der Waals surface area contributed by atoms with Crippen molar-refractivity contribution in [1.29, 1.82) is 0 Å². The number of nitrogens with one attached hydrogen (secondary N) is 1. The Labute approximate surface area is 153 Å². The molecule has 0 saturated carbocycles. The summed E-state index contributed by atoms with van der Waals surface area (Å²) < 4.78 is 1.66. The molecule has 0 atom stereocenters. The molecular formula is C20H24N3O3+. The molecule has 0 aliphatic carbocycles. The Morgan fingerprint density at radius 1 is 1.00 bits per heavy atom. The van der Waals surface area contributed by atoms with Gasteiger partial charge in [0.2, 0.25) is 6.54 Å². The lowest BCUT2D eigenvalue weighted by molar-refractivity contribution is -0.684. The van der Waals surface area contributed by atoms with Crippen LogP contribution in [0.5, 0.6) is 0 Å². The topological polar surface area (TPSA) is 70.4 Å². The summed E-state index contributed by atoms with van der Waals surface area (Å²) in [6, 6.07) is 10.3.